The summed E-state index contributed by atoms with van der Waals surface area (Å²) >= 11 is 0. The van der Waals surface area contributed by atoms with Crippen molar-refractivity contribution in [3.05, 3.63) is 29.6 Å². The summed E-state index contributed by atoms with van der Waals surface area (Å²) in [5.74, 6) is 0.00731. The number of methoxy groups -OCH3 is 1. The lowest BCUT2D eigenvalue weighted by Crippen LogP contribution is -2.33. The number of halogens is 1. The molecule has 1 saturated heterocycles. The van der Waals surface area contributed by atoms with Crippen LogP contribution in [0, 0.1) is 5.82 Å². The summed E-state index contributed by atoms with van der Waals surface area (Å²) < 4.78 is 25.2. The van der Waals surface area contributed by atoms with Crippen LogP contribution >= 0.6 is 0 Å². The molecule has 3 nitrogen and oxygen atoms in total. The van der Waals surface area contributed by atoms with Crippen molar-refractivity contribution < 1.29 is 13.9 Å². The Hall–Kier alpha value is -1.13. The van der Waals surface area contributed by atoms with Crippen LogP contribution in [0.5, 0.6) is 5.75 Å². The molecule has 0 spiro atoms. The third-order valence-corrected chi connectivity index (χ3v) is 3.50. The van der Waals surface area contributed by atoms with E-state index in [9.17, 15) is 4.39 Å². The zero-order chi connectivity index (χ0) is 13.7. The molecular weight excluding hydrogens is 245 g/mol. The second kappa shape index (κ2) is 6.87. The molecule has 1 fully saturated rings. The minimum atomic E-state index is -0.283. The smallest absolute Gasteiger partial charge is 0.169 e. The van der Waals surface area contributed by atoms with Crippen molar-refractivity contribution >= 4 is 0 Å². The van der Waals surface area contributed by atoms with Crippen LogP contribution in [-0.2, 0) is 4.74 Å². The Morgan fingerprint density at radius 3 is 3.00 bits per heavy atom. The number of ether oxygens (including phenoxy) is 2. The van der Waals surface area contributed by atoms with Crippen molar-refractivity contribution in [1.29, 1.82) is 0 Å². The number of hydrogen-bond donors (Lipinski definition) is 1. The van der Waals surface area contributed by atoms with E-state index in [0.29, 0.717) is 11.3 Å². The van der Waals surface area contributed by atoms with E-state index in [4.69, 9.17) is 9.47 Å². The fourth-order valence-corrected chi connectivity index (χ4v) is 2.53. The van der Waals surface area contributed by atoms with Gasteiger partial charge in [-0.05, 0) is 31.9 Å². The minimum Gasteiger partial charge on any atom is -0.494 e. The molecule has 1 heterocycles. The molecule has 0 aliphatic carbocycles. The average molecular weight is 267 g/mol. The van der Waals surface area contributed by atoms with Crippen LogP contribution in [0.3, 0.4) is 0 Å². The molecule has 1 aliphatic rings. The summed E-state index contributed by atoms with van der Waals surface area (Å²) in [6.45, 7) is 3.71. The average Bonchev–Trinajstić information content (AvgIpc) is 2.95. The lowest BCUT2D eigenvalue weighted by atomic mass is 9.98. The predicted octanol–water partition coefficient (Wildman–Crippen LogP) is 3.05. The van der Waals surface area contributed by atoms with E-state index in [0.717, 1.165) is 32.4 Å². The SMILES string of the molecule is CCCNC(c1cccc(OC)c1F)C1CCCO1. The maximum absolute atomic E-state index is 14.4. The molecule has 1 aromatic carbocycles. The standard InChI is InChI=1S/C15H22FNO2/c1-3-9-17-15(13-8-5-10-19-13)11-6-4-7-12(18-2)14(11)16/h4,6-7,13,15,17H,3,5,8-10H2,1-2H3. The summed E-state index contributed by atoms with van der Waals surface area (Å²) in [6, 6.07) is 5.18. The van der Waals surface area contributed by atoms with Gasteiger partial charge in [0.15, 0.2) is 11.6 Å². The minimum absolute atomic E-state index is 0.0492. The number of hydrogen-bond acceptors (Lipinski definition) is 3. The van der Waals surface area contributed by atoms with Crippen LogP contribution < -0.4 is 10.1 Å². The van der Waals surface area contributed by atoms with Gasteiger partial charge in [-0.25, -0.2) is 4.39 Å². The zero-order valence-corrected chi connectivity index (χ0v) is 11.6. The van der Waals surface area contributed by atoms with Crippen molar-refractivity contribution in [2.45, 2.75) is 38.3 Å². The topological polar surface area (TPSA) is 30.5 Å². The highest BCUT2D eigenvalue weighted by atomic mass is 19.1. The van der Waals surface area contributed by atoms with Gasteiger partial charge in [0, 0.05) is 12.2 Å². The van der Waals surface area contributed by atoms with E-state index < -0.39 is 0 Å². The molecular formula is C15H22FNO2. The lowest BCUT2D eigenvalue weighted by Gasteiger charge is -2.25. The molecule has 0 amide bonds. The van der Waals surface area contributed by atoms with E-state index in [1.807, 2.05) is 12.1 Å². The van der Waals surface area contributed by atoms with E-state index in [-0.39, 0.29) is 18.0 Å². The van der Waals surface area contributed by atoms with E-state index in [2.05, 4.69) is 12.2 Å². The molecule has 0 saturated carbocycles. The van der Waals surface area contributed by atoms with E-state index >= 15 is 0 Å². The van der Waals surface area contributed by atoms with E-state index in [1.165, 1.54) is 7.11 Å². The molecule has 106 valence electrons. The Balaban J connectivity index is 2.25. The summed E-state index contributed by atoms with van der Waals surface area (Å²) in [6.07, 6.45) is 3.07. The van der Waals surface area contributed by atoms with Crippen molar-refractivity contribution in [2.75, 3.05) is 20.3 Å². The highest BCUT2D eigenvalue weighted by Gasteiger charge is 2.29. The molecule has 2 rings (SSSR count). The molecule has 1 aromatic rings. The van der Waals surface area contributed by atoms with Gasteiger partial charge in [0.05, 0.1) is 19.3 Å². The fraction of sp³-hybridized carbons (Fsp3) is 0.600. The molecule has 2 unspecified atom stereocenters. The van der Waals surface area contributed by atoms with Crippen LogP contribution in [0.1, 0.15) is 37.8 Å². The lowest BCUT2D eigenvalue weighted by molar-refractivity contribution is 0.0770. The quantitative estimate of drug-likeness (QED) is 0.859. The molecule has 2 atom stereocenters. The van der Waals surface area contributed by atoms with Gasteiger partial charge in [-0.3, -0.25) is 0 Å². The van der Waals surface area contributed by atoms with Gasteiger partial charge in [-0.15, -0.1) is 0 Å². The molecule has 0 aromatic heterocycles. The van der Waals surface area contributed by atoms with Crippen molar-refractivity contribution in [3.63, 3.8) is 0 Å². The van der Waals surface area contributed by atoms with Crippen LogP contribution in [0.15, 0.2) is 18.2 Å². The van der Waals surface area contributed by atoms with Crippen LogP contribution in [0.2, 0.25) is 0 Å². The van der Waals surface area contributed by atoms with Crippen LogP contribution in [-0.4, -0.2) is 26.4 Å². The maximum atomic E-state index is 14.4. The monoisotopic (exact) mass is 267 g/mol. The first-order chi connectivity index (χ1) is 9.27. The van der Waals surface area contributed by atoms with Crippen LogP contribution in [0.25, 0.3) is 0 Å². The Bertz CT molecular complexity index is 405. The first kappa shape index (κ1) is 14.3. The maximum Gasteiger partial charge on any atom is 0.169 e. The van der Waals surface area contributed by atoms with E-state index in [1.54, 1.807) is 6.07 Å². The molecule has 1 N–H and O–H groups in total. The third-order valence-electron chi connectivity index (χ3n) is 3.50. The Morgan fingerprint density at radius 1 is 1.53 bits per heavy atom. The second-order valence-electron chi connectivity index (χ2n) is 4.85. The molecule has 4 heteroatoms. The summed E-state index contributed by atoms with van der Waals surface area (Å²) in [5, 5.41) is 3.40. The first-order valence-electron chi connectivity index (χ1n) is 6.95. The first-order valence-corrected chi connectivity index (χ1v) is 6.95. The van der Waals surface area contributed by atoms with Crippen molar-refractivity contribution in [3.8, 4) is 5.75 Å². The molecule has 19 heavy (non-hydrogen) atoms. The highest BCUT2D eigenvalue weighted by Crippen LogP contribution is 2.31. The van der Waals surface area contributed by atoms with Crippen LogP contribution in [0.4, 0.5) is 4.39 Å². The van der Waals surface area contributed by atoms with Gasteiger partial charge >= 0.3 is 0 Å². The third kappa shape index (κ3) is 3.25. The molecule has 0 radical (unpaired) electrons. The number of benzene rings is 1. The number of nitrogens with one attached hydrogen (secondary N) is 1. The Labute approximate surface area is 114 Å². The second-order valence-corrected chi connectivity index (χ2v) is 4.85. The fourth-order valence-electron chi connectivity index (χ4n) is 2.53. The van der Waals surface area contributed by atoms with Crippen molar-refractivity contribution in [1.82, 2.24) is 5.32 Å². The summed E-state index contributed by atoms with van der Waals surface area (Å²) in [4.78, 5) is 0. The normalized spacial score (nSPS) is 20.5. The van der Waals surface area contributed by atoms with Gasteiger partial charge in [0.25, 0.3) is 0 Å². The molecule has 1 aliphatic heterocycles. The van der Waals surface area contributed by atoms with Gasteiger partial charge in [0.1, 0.15) is 0 Å². The summed E-state index contributed by atoms with van der Waals surface area (Å²) in [7, 11) is 1.49. The largest absolute Gasteiger partial charge is 0.494 e. The number of rotatable bonds is 6. The molecule has 0 bridgehead atoms. The highest BCUT2D eigenvalue weighted by molar-refractivity contribution is 5.33. The Morgan fingerprint density at radius 2 is 2.37 bits per heavy atom. The van der Waals surface area contributed by atoms with Gasteiger partial charge in [0.2, 0.25) is 0 Å². The zero-order valence-electron chi connectivity index (χ0n) is 11.6. The van der Waals surface area contributed by atoms with Gasteiger partial charge in [-0.1, -0.05) is 19.1 Å². The van der Waals surface area contributed by atoms with Crippen molar-refractivity contribution in [2.24, 2.45) is 0 Å². The van der Waals surface area contributed by atoms with Gasteiger partial charge < -0.3 is 14.8 Å². The van der Waals surface area contributed by atoms with Gasteiger partial charge in [-0.2, -0.15) is 0 Å². The predicted molar refractivity (Wildman–Crippen MR) is 73.0 cm³/mol. The Kier molecular flexibility index (Phi) is 5.16. The summed E-state index contributed by atoms with van der Waals surface area (Å²) in [5.41, 5.74) is 0.639.